The van der Waals surface area contributed by atoms with E-state index in [4.69, 9.17) is 0 Å². The first-order valence-electron chi connectivity index (χ1n) is 9.63. The zero-order chi connectivity index (χ0) is 18.4. The smallest absolute Gasteiger partial charge is 0.229 e. The van der Waals surface area contributed by atoms with E-state index < -0.39 is 10.0 Å². The van der Waals surface area contributed by atoms with Crippen LogP contribution in [-0.2, 0) is 10.0 Å². The van der Waals surface area contributed by atoms with Crippen LogP contribution in [0.25, 0.3) is 0 Å². The predicted octanol–water partition coefficient (Wildman–Crippen LogP) is 4.45. The minimum Gasteiger partial charge on any atom is -0.300 e. The molecule has 5 heteroatoms. The first kappa shape index (κ1) is 20.2. The summed E-state index contributed by atoms with van der Waals surface area (Å²) in [7, 11) is -3.23. The molecule has 0 bridgehead atoms. The second kappa shape index (κ2) is 9.04. The van der Waals surface area contributed by atoms with Crippen molar-refractivity contribution >= 4 is 15.7 Å². The third-order valence-electron chi connectivity index (χ3n) is 5.62. The summed E-state index contributed by atoms with van der Waals surface area (Å²) < 4.78 is 25.6. The fraction of sp³-hybridized carbons (Fsp3) is 0.700. The fourth-order valence-corrected chi connectivity index (χ4v) is 4.57. The lowest BCUT2D eigenvalue weighted by atomic mass is 9.77. The number of anilines is 1. The molecule has 0 aliphatic carbocycles. The molecule has 0 saturated carbocycles. The number of nitrogens with zero attached hydrogens (tertiary/aromatic N) is 1. The van der Waals surface area contributed by atoms with Crippen LogP contribution in [0.5, 0.6) is 0 Å². The Bertz CT molecular complexity index is 645. The van der Waals surface area contributed by atoms with Crippen molar-refractivity contribution in [1.82, 2.24) is 4.90 Å². The van der Waals surface area contributed by atoms with Crippen LogP contribution in [0.3, 0.4) is 0 Å². The van der Waals surface area contributed by atoms with Gasteiger partial charge in [-0.1, -0.05) is 45.2 Å². The molecule has 1 N–H and O–H groups in total. The van der Waals surface area contributed by atoms with E-state index in [-0.39, 0.29) is 0 Å². The van der Waals surface area contributed by atoms with Gasteiger partial charge in [0.05, 0.1) is 6.26 Å². The number of hydrogen-bond acceptors (Lipinski definition) is 3. The molecule has 1 aromatic rings. The number of nitrogens with one attached hydrogen (secondary N) is 1. The van der Waals surface area contributed by atoms with E-state index in [1.54, 1.807) is 0 Å². The fourth-order valence-electron chi connectivity index (χ4n) is 4.01. The number of hydrogen-bond donors (Lipinski definition) is 1. The SMILES string of the molecule is CCCCCCN1CC[C@@H](c2cccc(NS(C)(=O)=O)c2)[C@@H](C)[C@@H]1C. The number of likely N-dealkylation sites (tertiary alicyclic amines) is 1. The van der Waals surface area contributed by atoms with Crippen LogP contribution in [0, 0.1) is 5.92 Å². The van der Waals surface area contributed by atoms with Gasteiger partial charge in [0.1, 0.15) is 0 Å². The molecule has 3 atom stereocenters. The van der Waals surface area contributed by atoms with Gasteiger partial charge >= 0.3 is 0 Å². The summed E-state index contributed by atoms with van der Waals surface area (Å²) >= 11 is 0. The van der Waals surface area contributed by atoms with E-state index in [0.717, 1.165) is 13.0 Å². The zero-order valence-electron chi connectivity index (χ0n) is 16.2. The number of sulfonamides is 1. The molecule has 0 aromatic heterocycles. The average molecular weight is 367 g/mol. The van der Waals surface area contributed by atoms with Crippen LogP contribution in [0.1, 0.15) is 64.4 Å². The molecule has 25 heavy (non-hydrogen) atoms. The third kappa shape index (κ3) is 6.00. The highest BCUT2D eigenvalue weighted by Gasteiger charge is 2.32. The molecule has 0 unspecified atom stereocenters. The molecule has 4 nitrogen and oxygen atoms in total. The van der Waals surface area contributed by atoms with Gasteiger partial charge in [0.2, 0.25) is 10.0 Å². The van der Waals surface area contributed by atoms with Crippen LogP contribution < -0.4 is 4.72 Å². The number of rotatable bonds is 8. The molecule has 1 aliphatic rings. The summed E-state index contributed by atoms with van der Waals surface area (Å²) in [6.07, 6.45) is 7.58. The van der Waals surface area contributed by atoms with E-state index in [1.807, 2.05) is 18.2 Å². The second-order valence-corrected chi connectivity index (χ2v) is 9.34. The Balaban J connectivity index is 2.01. The molecule has 2 rings (SSSR count). The summed E-state index contributed by atoms with van der Waals surface area (Å²) in [5.41, 5.74) is 1.92. The van der Waals surface area contributed by atoms with Gasteiger partial charge < -0.3 is 4.90 Å². The quantitative estimate of drug-likeness (QED) is 0.691. The van der Waals surface area contributed by atoms with Gasteiger partial charge in [-0.15, -0.1) is 0 Å². The standard InChI is InChI=1S/C20H34N2O2S/c1-5-6-7-8-13-22-14-12-20(16(2)17(22)3)18-10-9-11-19(15-18)21-25(4,23)24/h9-11,15-17,20-21H,5-8,12-14H2,1-4H3/t16-,17-,20+/m0/s1. The van der Waals surface area contributed by atoms with Gasteiger partial charge in [0, 0.05) is 11.7 Å². The van der Waals surface area contributed by atoms with Crippen molar-refractivity contribution in [2.45, 2.75) is 64.8 Å². The van der Waals surface area contributed by atoms with Gasteiger partial charge in [-0.3, -0.25) is 4.72 Å². The van der Waals surface area contributed by atoms with Crippen molar-refractivity contribution in [3.8, 4) is 0 Å². The summed E-state index contributed by atoms with van der Waals surface area (Å²) in [6.45, 7) is 9.27. The van der Waals surface area contributed by atoms with Crippen molar-refractivity contribution < 1.29 is 8.42 Å². The molecule has 1 saturated heterocycles. The topological polar surface area (TPSA) is 49.4 Å². The molecule has 142 valence electrons. The van der Waals surface area contributed by atoms with Crippen molar-refractivity contribution in [3.63, 3.8) is 0 Å². The minimum atomic E-state index is -3.23. The summed E-state index contributed by atoms with van der Waals surface area (Å²) in [4.78, 5) is 2.63. The van der Waals surface area contributed by atoms with Crippen molar-refractivity contribution in [3.05, 3.63) is 29.8 Å². The van der Waals surface area contributed by atoms with Crippen molar-refractivity contribution in [2.75, 3.05) is 24.1 Å². The van der Waals surface area contributed by atoms with Crippen molar-refractivity contribution in [1.29, 1.82) is 0 Å². The Morgan fingerprint density at radius 3 is 2.64 bits per heavy atom. The molecule has 1 fully saturated rings. The molecule has 1 heterocycles. The van der Waals surface area contributed by atoms with Crippen LogP contribution in [0.2, 0.25) is 0 Å². The van der Waals surface area contributed by atoms with Crippen LogP contribution in [0.15, 0.2) is 24.3 Å². The first-order chi connectivity index (χ1) is 11.8. The highest BCUT2D eigenvalue weighted by molar-refractivity contribution is 7.92. The average Bonchev–Trinajstić information content (AvgIpc) is 2.54. The lowest BCUT2D eigenvalue weighted by Gasteiger charge is -2.43. The molecule has 1 aliphatic heterocycles. The second-order valence-electron chi connectivity index (χ2n) is 7.59. The Labute approximate surface area is 154 Å². The third-order valence-corrected chi connectivity index (χ3v) is 6.22. The summed E-state index contributed by atoms with van der Waals surface area (Å²) in [5.74, 6) is 1.05. The Hall–Kier alpha value is -1.07. The maximum Gasteiger partial charge on any atom is 0.229 e. The highest BCUT2D eigenvalue weighted by Crippen LogP contribution is 2.37. The monoisotopic (exact) mass is 366 g/mol. The summed E-state index contributed by atoms with van der Waals surface area (Å²) in [6, 6.07) is 8.48. The first-order valence-corrected chi connectivity index (χ1v) is 11.5. The molecule has 0 amide bonds. The van der Waals surface area contributed by atoms with Crippen LogP contribution >= 0.6 is 0 Å². The number of benzene rings is 1. The number of piperidine rings is 1. The predicted molar refractivity (Wildman–Crippen MR) is 107 cm³/mol. The van der Waals surface area contributed by atoms with Gasteiger partial charge in [-0.2, -0.15) is 0 Å². The van der Waals surface area contributed by atoms with E-state index in [9.17, 15) is 8.42 Å². The van der Waals surface area contributed by atoms with E-state index in [1.165, 1.54) is 44.0 Å². The molecule has 0 spiro atoms. The van der Waals surface area contributed by atoms with E-state index in [2.05, 4.69) is 36.5 Å². The largest absolute Gasteiger partial charge is 0.300 e. The highest BCUT2D eigenvalue weighted by atomic mass is 32.2. The van der Waals surface area contributed by atoms with Gasteiger partial charge in [-0.05, 0) is 62.4 Å². The molecular formula is C20H34N2O2S. The van der Waals surface area contributed by atoms with Gasteiger partial charge in [0.25, 0.3) is 0 Å². The Kier molecular flexibility index (Phi) is 7.32. The lowest BCUT2D eigenvalue weighted by Crippen LogP contribution is -2.46. The normalized spacial score (nSPS) is 25.0. The maximum atomic E-state index is 11.5. The Morgan fingerprint density at radius 2 is 1.96 bits per heavy atom. The van der Waals surface area contributed by atoms with E-state index in [0.29, 0.717) is 23.6 Å². The van der Waals surface area contributed by atoms with Crippen LogP contribution in [-0.4, -0.2) is 38.7 Å². The van der Waals surface area contributed by atoms with Crippen LogP contribution in [0.4, 0.5) is 5.69 Å². The maximum absolute atomic E-state index is 11.5. The lowest BCUT2D eigenvalue weighted by molar-refractivity contribution is 0.0942. The minimum absolute atomic E-state index is 0.489. The summed E-state index contributed by atoms with van der Waals surface area (Å²) in [5, 5.41) is 0. The van der Waals surface area contributed by atoms with Gasteiger partial charge in [-0.25, -0.2) is 8.42 Å². The number of unbranched alkanes of at least 4 members (excludes halogenated alkanes) is 3. The zero-order valence-corrected chi connectivity index (χ0v) is 17.0. The van der Waals surface area contributed by atoms with E-state index >= 15 is 0 Å². The Morgan fingerprint density at radius 1 is 1.20 bits per heavy atom. The van der Waals surface area contributed by atoms with Gasteiger partial charge in [0.15, 0.2) is 0 Å². The molecule has 0 radical (unpaired) electrons. The van der Waals surface area contributed by atoms with Crippen molar-refractivity contribution in [2.24, 2.45) is 5.92 Å². The molecular weight excluding hydrogens is 332 g/mol. The molecule has 1 aromatic carbocycles.